The highest BCUT2D eigenvalue weighted by Gasteiger charge is 2.05. The molecule has 0 rings (SSSR count). The zero-order valence-electron chi connectivity index (χ0n) is 9.47. The Bertz CT molecular complexity index is 230. The Labute approximate surface area is 107 Å². The van der Waals surface area contributed by atoms with Gasteiger partial charge in [-0.05, 0) is 36.8 Å². The minimum absolute atomic E-state index is 0.267. The predicted octanol–water partition coefficient (Wildman–Crippen LogP) is 2.01. The van der Waals surface area contributed by atoms with Gasteiger partial charge in [0.15, 0.2) is 0 Å². The number of rotatable bonds is 10. The van der Waals surface area contributed by atoms with Crippen LogP contribution in [0.15, 0.2) is 0 Å². The lowest BCUT2D eigenvalue weighted by Crippen LogP contribution is -2.20. The second-order valence-electron chi connectivity index (χ2n) is 3.59. The summed E-state index contributed by atoms with van der Waals surface area (Å²) in [7, 11) is -2.76. The fourth-order valence-corrected chi connectivity index (χ4v) is 2.62. The second kappa shape index (κ2) is 9.84. The first-order valence-electron chi connectivity index (χ1n) is 5.59. The molecule has 0 saturated heterocycles. The maximum absolute atomic E-state index is 11.1. The quantitative estimate of drug-likeness (QED) is 0.374. The highest BCUT2D eigenvalue weighted by atomic mass is 127. The minimum atomic E-state index is -2.76. The van der Waals surface area contributed by atoms with Crippen molar-refractivity contribution in [3.63, 3.8) is 0 Å². The Morgan fingerprint density at radius 3 is 2.33 bits per heavy atom. The predicted molar refractivity (Wildman–Crippen MR) is 74.6 cm³/mol. The number of hydrogen-bond donors (Lipinski definition) is 1. The van der Waals surface area contributed by atoms with Crippen molar-refractivity contribution in [3.8, 4) is 0 Å². The van der Waals surface area contributed by atoms with Gasteiger partial charge in [-0.1, -0.05) is 35.9 Å². The van der Waals surface area contributed by atoms with E-state index in [1.807, 2.05) is 0 Å². The van der Waals surface area contributed by atoms with E-state index in [2.05, 4.69) is 27.9 Å². The summed E-state index contributed by atoms with van der Waals surface area (Å²) in [6.45, 7) is 3.54. The molecule has 3 nitrogen and oxygen atoms in total. The van der Waals surface area contributed by atoms with Gasteiger partial charge in [-0.3, -0.25) is 0 Å². The molecule has 0 spiro atoms. The summed E-state index contributed by atoms with van der Waals surface area (Å²) in [5.41, 5.74) is 0. The van der Waals surface area contributed by atoms with Gasteiger partial charge in [0.2, 0.25) is 0 Å². The van der Waals surface area contributed by atoms with Crippen LogP contribution in [0.3, 0.4) is 0 Å². The molecule has 0 aromatic rings. The van der Waals surface area contributed by atoms with Crippen molar-refractivity contribution in [3.05, 3.63) is 0 Å². The van der Waals surface area contributed by atoms with E-state index in [0.717, 1.165) is 19.5 Å². The summed E-state index contributed by atoms with van der Waals surface area (Å²) < 4.78 is 23.5. The van der Waals surface area contributed by atoms with Crippen molar-refractivity contribution in [1.82, 2.24) is 5.32 Å². The van der Waals surface area contributed by atoms with Crippen LogP contribution in [0.4, 0.5) is 0 Å². The first-order chi connectivity index (χ1) is 7.12. The Balaban J connectivity index is 3.19. The summed E-state index contributed by atoms with van der Waals surface area (Å²) >= 11 is 2.39. The maximum atomic E-state index is 11.1. The van der Waals surface area contributed by atoms with Gasteiger partial charge in [0, 0.05) is 5.75 Å². The zero-order valence-corrected chi connectivity index (χ0v) is 12.4. The molecule has 15 heavy (non-hydrogen) atoms. The first kappa shape index (κ1) is 15.6. The Hall–Kier alpha value is 0.640. The molecule has 5 heteroatoms. The third-order valence-corrected chi connectivity index (χ3v) is 4.79. The van der Waals surface area contributed by atoms with E-state index in [0.29, 0.717) is 5.75 Å². The molecule has 0 aliphatic carbocycles. The molecule has 0 amide bonds. The lowest BCUT2D eigenvalue weighted by atomic mass is 10.2. The molecule has 0 unspecified atom stereocenters. The average molecular weight is 347 g/mol. The Morgan fingerprint density at radius 1 is 1.07 bits per heavy atom. The summed E-state index contributed by atoms with van der Waals surface area (Å²) in [5, 5.41) is 3.27. The Kier molecular flexibility index (Phi) is 10.3. The molecule has 0 saturated carbocycles. The maximum Gasteiger partial charge on any atom is 0.150 e. The van der Waals surface area contributed by atoms with Crippen molar-refractivity contribution < 1.29 is 8.42 Å². The fraction of sp³-hybridized carbons (Fsp3) is 1.00. The number of sulfone groups is 1. The van der Waals surface area contributed by atoms with Crippen molar-refractivity contribution in [2.75, 3.05) is 29.0 Å². The molecule has 0 aromatic heterocycles. The van der Waals surface area contributed by atoms with Crippen LogP contribution in [-0.2, 0) is 9.84 Å². The van der Waals surface area contributed by atoms with Crippen LogP contribution < -0.4 is 5.32 Å². The van der Waals surface area contributed by atoms with Crippen LogP contribution in [0.2, 0.25) is 0 Å². The van der Waals surface area contributed by atoms with E-state index in [4.69, 9.17) is 0 Å². The molecule has 0 aliphatic rings. The third kappa shape index (κ3) is 10.9. The number of nitrogens with one attached hydrogen (secondary N) is 1. The molecule has 0 heterocycles. The van der Waals surface area contributed by atoms with E-state index >= 15 is 0 Å². The van der Waals surface area contributed by atoms with E-state index in [-0.39, 0.29) is 5.75 Å². The molecule has 0 aromatic carbocycles. The van der Waals surface area contributed by atoms with Gasteiger partial charge in [-0.2, -0.15) is 0 Å². The van der Waals surface area contributed by atoms with Gasteiger partial charge in [-0.15, -0.1) is 0 Å². The second-order valence-corrected chi connectivity index (χ2v) is 7.14. The summed E-state index contributed by atoms with van der Waals surface area (Å²) in [4.78, 5) is 0. The molecular weight excluding hydrogens is 325 g/mol. The van der Waals surface area contributed by atoms with Gasteiger partial charge in [0.05, 0.1) is 5.75 Å². The number of hydrogen-bond acceptors (Lipinski definition) is 3. The highest BCUT2D eigenvalue weighted by Crippen LogP contribution is 1.97. The molecule has 0 fully saturated rings. The van der Waals surface area contributed by atoms with E-state index in [1.165, 1.54) is 23.7 Å². The van der Waals surface area contributed by atoms with Crippen LogP contribution >= 0.6 is 22.6 Å². The smallest absolute Gasteiger partial charge is 0.150 e. The highest BCUT2D eigenvalue weighted by molar-refractivity contribution is 14.1. The van der Waals surface area contributed by atoms with E-state index < -0.39 is 9.84 Å². The van der Waals surface area contributed by atoms with Crippen LogP contribution in [-0.4, -0.2) is 37.4 Å². The van der Waals surface area contributed by atoms with Crippen molar-refractivity contribution in [2.24, 2.45) is 0 Å². The van der Waals surface area contributed by atoms with Crippen LogP contribution in [0.25, 0.3) is 0 Å². The lowest BCUT2D eigenvalue weighted by Gasteiger charge is -2.04. The lowest BCUT2D eigenvalue weighted by molar-refractivity contribution is 0.584. The van der Waals surface area contributed by atoms with E-state index in [9.17, 15) is 8.42 Å². The average Bonchev–Trinajstić information content (AvgIpc) is 2.22. The fourth-order valence-electron chi connectivity index (χ4n) is 1.21. The summed E-state index contributed by atoms with van der Waals surface area (Å²) in [5.74, 6) is 0.590. The molecule has 0 atom stereocenters. The van der Waals surface area contributed by atoms with Gasteiger partial charge < -0.3 is 5.32 Å². The number of halogens is 1. The van der Waals surface area contributed by atoms with Crippen LogP contribution in [0.1, 0.15) is 32.6 Å². The monoisotopic (exact) mass is 347 g/mol. The van der Waals surface area contributed by atoms with E-state index in [1.54, 1.807) is 6.92 Å². The first-order valence-corrected chi connectivity index (χ1v) is 8.94. The Morgan fingerprint density at radius 2 is 1.73 bits per heavy atom. The zero-order chi connectivity index (χ0) is 11.6. The number of alkyl halides is 1. The van der Waals surface area contributed by atoms with Crippen LogP contribution in [0.5, 0.6) is 0 Å². The topological polar surface area (TPSA) is 46.2 Å². The number of unbranched alkanes of at least 4 members (excludes halogenated alkanes) is 2. The largest absolute Gasteiger partial charge is 0.317 e. The normalized spacial score (nSPS) is 11.9. The molecule has 0 aliphatic heterocycles. The standard InChI is InChI=1S/C10H22INO2S/c1-2-15(13,14)10-6-9-12-8-5-3-4-7-11/h12H,2-10H2,1H3. The van der Waals surface area contributed by atoms with Gasteiger partial charge in [0.1, 0.15) is 9.84 Å². The SMILES string of the molecule is CCS(=O)(=O)CCCNCCCCCI. The van der Waals surface area contributed by atoms with Gasteiger partial charge in [0.25, 0.3) is 0 Å². The molecular formula is C10H22INO2S. The summed E-state index contributed by atoms with van der Waals surface area (Å²) in [6, 6.07) is 0. The molecule has 0 radical (unpaired) electrons. The van der Waals surface area contributed by atoms with Gasteiger partial charge >= 0.3 is 0 Å². The minimum Gasteiger partial charge on any atom is -0.317 e. The van der Waals surface area contributed by atoms with Crippen molar-refractivity contribution in [1.29, 1.82) is 0 Å². The van der Waals surface area contributed by atoms with Crippen LogP contribution in [0, 0.1) is 0 Å². The van der Waals surface area contributed by atoms with Crippen molar-refractivity contribution >= 4 is 32.4 Å². The molecule has 0 bridgehead atoms. The summed E-state index contributed by atoms with van der Waals surface area (Å²) in [6.07, 6.45) is 4.49. The van der Waals surface area contributed by atoms with Gasteiger partial charge in [-0.25, -0.2) is 8.42 Å². The van der Waals surface area contributed by atoms with Crippen molar-refractivity contribution in [2.45, 2.75) is 32.6 Å². The molecule has 92 valence electrons. The third-order valence-electron chi connectivity index (χ3n) is 2.24. The molecule has 1 N–H and O–H groups in total.